The van der Waals surface area contributed by atoms with Gasteiger partial charge in [-0.15, -0.1) is 0 Å². The van der Waals surface area contributed by atoms with Gasteiger partial charge in [0, 0.05) is 6.42 Å². The Morgan fingerprint density at radius 3 is 1.16 bits per heavy atom. The Bertz CT molecular complexity index is 1480. The van der Waals surface area contributed by atoms with Crippen molar-refractivity contribution in [1.82, 2.24) is 5.32 Å². The van der Waals surface area contributed by atoms with E-state index in [1.807, 2.05) is 21.1 Å². The van der Waals surface area contributed by atoms with Gasteiger partial charge >= 0.3 is 0 Å². The molecule has 0 aromatic carbocycles. The first-order valence-corrected chi connectivity index (χ1v) is 34.2. The third-order valence-corrected chi connectivity index (χ3v) is 15.7. The maximum absolute atomic E-state index is 13.0. The first-order chi connectivity index (χ1) is 37.5. The number of aliphatic hydroxyl groups excluding tert-OH is 1. The smallest absolute Gasteiger partial charge is 0.268 e. The van der Waals surface area contributed by atoms with Gasteiger partial charge in [0.15, 0.2) is 0 Å². The zero-order chi connectivity index (χ0) is 56.3. The van der Waals surface area contributed by atoms with Crippen molar-refractivity contribution >= 4 is 13.7 Å². The number of carbonyl (C=O) groups excluding carboxylic acids is 1. The largest absolute Gasteiger partial charge is 0.756 e. The lowest BCUT2D eigenvalue weighted by Crippen LogP contribution is -2.46. The van der Waals surface area contributed by atoms with Crippen LogP contribution in [0.4, 0.5) is 0 Å². The predicted molar refractivity (Wildman–Crippen MR) is 334 cm³/mol. The number of rotatable bonds is 60. The molecule has 2 N–H and O–H groups in total. The standard InChI is InChI=1S/C68H127N2O6P/c1-6-8-10-12-14-16-18-20-22-24-26-28-30-31-32-33-34-35-36-37-38-40-41-43-45-47-49-51-53-55-57-59-61-67(71)66(65-76-77(73,74)75-64-63-70(3,4)5)69-68(72)62-60-58-56-54-52-50-48-46-44-42-39-29-27-25-23-21-19-17-15-13-11-9-7-2/h9,11,15,17,21,23,27,29,42,44,48,50,66-67,71H,6-8,10,12-14,16,18-20,22,24-26,28,30-41,43,45-47,49,51-65H2,1-5H3,(H-,69,72,73,74)/b11-9-,17-15-,23-21-,29-27-,44-42-,50-48-. The van der Waals surface area contributed by atoms with E-state index in [0.717, 1.165) is 89.9 Å². The molecular formula is C68H127N2O6P. The molecule has 0 aliphatic heterocycles. The average Bonchev–Trinajstić information content (AvgIpc) is 3.39. The minimum absolute atomic E-state index is 0.00362. The van der Waals surface area contributed by atoms with Crippen molar-refractivity contribution < 1.29 is 32.9 Å². The first kappa shape index (κ1) is 74.9. The van der Waals surface area contributed by atoms with Crippen LogP contribution in [-0.2, 0) is 18.4 Å². The molecule has 0 aliphatic carbocycles. The fourth-order valence-corrected chi connectivity index (χ4v) is 10.4. The van der Waals surface area contributed by atoms with Crippen LogP contribution < -0.4 is 10.2 Å². The molecule has 1 amide bonds. The van der Waals surface area contributed by atoms with E-state index < -0.39 is 20.0 Å². The van der Waals surface area contributed by atoms with Crippen LogP contribution in [0, 0.1) is 0 Å². The molecule has 0 rings (SSSR count). The van der Waals surface area contributed by atoms with Crippen LogP contribution in [0.15, 0.2) is 72.9 Å². The average molecular weight is 1100 g/mol. The van der Waals surface area contributed by atoms with Crippen LogP contribution >= 0.6 is 7.82 Å². The summed E-state index contributed by atoms with van der Waals surface area (Å²) < 4.78 is 23.5. The van der Waals surface area contributed by atoms with Gasteiger partial charge in [0.2, 0.25) is 5.91 Å². The molecule has 0 spiro atoms. The topological polar surface area (TPSA) is 108 Å². The van der Waals surface area contributed by atoms with Crippen molar-refractivity contribution in [3.8, 4) is 0 Å². The van der Waals surface area contributed by atoms with Crippen molar-refractivity contribution in [1.29, 1.82) is 0 Å². The monoisotopic (exact) mass is 1100 g/mol. The van der Waals surface area contributed by atoms with Crippen LogP contribution in [0.2, 0.25) is 0 Å². The molecule has 77 heavy (non-hydrogen) atoms. The number of carbonyl (C=O) groups is 1. The highest BCUT2D eigenvalue weighted by atomic mass is 31.2. The summed E-state index contributed by atoms with van der Waals surface area (Å²) in [5, 5.41) is 14.1. The molecule has 0 bridgehead atoms. The lowest BCUT2D eigenvalue weighted by atomic mass is 10.0. The number of allylic oxidation sites excluding steroid dienone is 12. The maximum atomic E-state index is 13.0. The normalized spacial score (nSPS) is 14.2. The molecular weight excluding hydrogens is 972 g/mol. The fraction of sp³-hybridized carbons (Fsp3) is 0.809. The van der Waals surface area contributed by atoms with Gasteiger partial charge in [-0.25, -0.2) is 0 Å². The predicted octanol–water partition coefficient (Wildman–Crippen LogP) is 20.0. The number of quaternary nitrogens is 1. The zero-order valence-corrected chi connectivity index (χ0v) is 52.3. The Balaban J connectivity index is 4.10. The highest BCUT2D eigenvalue weighted by Gasteiger charge is 2.24. The van der Waals surface area contributed by atoms with E-state index in [9.17, 15) is 19.4 Å². The quantitative estimate of drug-likeness (QED) is 0.0272. The maximum Gasteiger partial charge on any atom is 0.268 e. The molecule has 0 saturated heterocycles. The number of nitrogens with zero attached hydrogens (tertiary/aromatic N) is 1. The molecule has 0 aliphatic rings. The van der Waals surface area contributed by atoms with E-state index >= 15 is 0 Å². The molecule has 0 heterocycles. The summed E-state index contributed by atoms with van der Waals surface area (Å²) in [5.41, 5.74) is 0. The van der Waals surface area contributed by atoms with E-state index in [4.69, 9.17) is 9.05 Å². The van der Waals surface area contributed by atoms with E-state index in [-0.39, 0.29) is 19.1 Å². The molecule has 3 atom stereocenters. The minimum atomic E-state index is -4.59. The van der Waals surface area contributed by atoms with Crippen LogP contribution in [0.5, 0.6) is 0 Å². The van der Waals surface area contributed by atoms with Crippen molar-refractivity contribution in [3.63, 3.8) is 0 Å². The summed E-state index contributed by atoms with van der Waals surface area (Å²) in [6, 6.07) is -0.821. The lowest BCUT2D eigenvalue weighted by molar-refractivity contribution is -0.870. The van der Waals surface area contributed by atoms with Crippen molar-refractivity contribution in [2.45, 2.75) is 315 Å². The fourth-order valence-electron chi connectivity index (χ4n) is 9.64. The third kappa shape index (κ3) is 61.4. The Morgan fingerprint density at radius 1 is 0.468 bits per heavy atom. The highest BCUT2D eigenvalue weighted by molar-refractivity contribution is 7.45. The summed E-state index contributed by atoms with van der Waals surface area (Å²) in [5.74, 6) is -0.188. The summed E-state index contributed by atoms with van der Waals surface area (Å²) in [4.78, 5) is 25.6. The number of likely N-dealkylation sites (N-methyl/N-ethyl adjacent to an activating group) is 1. The highest BCUT2D eigenvalue weighted by Crippen LogP contribution is 2.38. The molecule has 8 nitrogen and oxygen atoms in total. The summed E-state index contributed by atoms with van der Waals surface area (Å²) in [7, 11) is 1.28. The molecule has 450 valence electrons. The number of phosphoric acid groups is 1. The van der Waals surface area contributed by atoms with Gasteiger partial charge in [-0.2, -0.15) is 0 Å². The number of amides is 1. The van der Waals surface area contributed by atoms with Crippen LogP contribution in [0.3, 0.4) is 0 Å². The van der Waals surface area contributed by atoms with Gasteiger partial charge in [0.05, 0.1) is 39.9 Å². The van der Waals surface area contributed by atoms with E-state index in [0.29, 0.717) is 23.9 Å². The number of unbranched alkanes of at least 4 members (excludes halogenated alkanes) is 35. The second kappa shape index (κ2) is 58.6. The minimum Gasteiger partial charge on any atom is -0.756 e. The molecule has 9 heteroatoms. The summed E-state index contributed by atoms with van der Waals surface area (Å²) >= 11 is 0. The van der Waals surface area contributed by atoms with Gasteiger partial charge in [0.1, 0.15) is 13.2 Å². The zero-order valence-electron chi connectivity index (χ0n) is 51.4. The van der Waals surface area contributed by atoms with Crippen LogP contribution in [-0.4, -0.2) is 68.5 Å². The first-order valence-electron chi connectivity index (χ1n) is 32.8. The molecule has 0 aromatic heterocycles. The Kier molecular flexibility index (Phi) is 57.0. The lowest BCUT2D eigenvalue weighted by Gasteiger charge is -2.30. The summed E-state index contributed by atoms with van der Waals surface area (Å²) in [6.07, 6.45) is 81.1. The molecule has 3 unspecified atom stereocenters. The van der Waals surface area contributed by atoms with Gasteiger partial charge in [-0.05, 0) is 64.2 Å². The number of phosphoric ester groups is 1. The van der Waals surface area contributed by atoms with Gasteiger partial charge in [-0.1, -0.05) is 305 Å². The van der Waals surface area contributed by atoms with Crippen LogP contribution in [0.25, 0.3) is 0 Å². The molecule has 0 fully saturated rings. The Labute approximate surface area is 478 Å². The number of hydrogen-bond donors (Lipinski definition) is 2. The molecule has 0 aromatic rings. The number of hydrogen-bond acceptors (Lipinski definition) is 6. The van der Waals surface area contributed by atoms with Crippen molar-refractivity contribution in [2.24, 2.45) is 0 Å². The second-order valence-corrected chi connectivity index (χ2v) is 24.9. The number of nitrogens with one attached hydrogen (secondary N) is 1. The van der Waals surface area contributed by atoms with E-state index in [1.165, 1.54) is 186 Å². The molecule has 0 saturated carbocycles. The van der Waals surface area contributed by atoms with Crippen molar-refractivity contribution in [3.05, 3.63) is 72.9 Å². The van der Waals surface area contributed by atoms with Crippen LogP contribution in [0.1, 0.15) is 303 Å². The Morgan fingerprint density at radius 2 is 0.792 bits per heavy atom. The van der Waals surface area contributed by atoms with E-state index in [2.05, 4.69) is 92.1 Å². The Hall–Kier alpha value is -2.06. The van der Waals surface area contributed by atoms with Gasteiger partial charge in [-0.3, -0.25) is 9.36 Å². The van der Waals surface area contributed by atoms with E-state index in [1.54, 1.807) is 0 Å². The second-order valence-electron chi connectivity index (χ2n) is 23.4. The summed E-state index contributed by atoms with van der Waals surface area (Å²) in [6.45, 7) is 4.62. The van der Waals surface area contributed by atoms with Gasteiger partial charge in [0.25, 0.3) is 7.82 Å². The molecule has 0 radical (unpaired) electrons. The number of aliphatic hydroxyl groups is 1. The third-order valence-electron chi connectivity index (χ3n) is 14.7. The van der Waals surface area contributed by atoms with Crippen molar-refractivity contribution in [2.75, 3.05) is 40.9 Å². The SMILES string of the molecule is CC/C=C\C/C=C\C/C=C\C/C=C\C/C=C\C/C=C\CCCCCCC(=O)NC(COP(=O)([O-])OCC[N+](C)(C)C)C(O)CCCCCCCCCCCCCCCCCCCCCCCCCCCCCCCCCC. The van der Waals surface area contributed by atoms with Gasteiger partial charge < -0.3 is 28.8 Å².